The highest BCUT2D eigenvalue weighted by Gasteiger charge is 2.11. The molecule has 0 spiro atoms. The second kappa shape index (κ2) is 13.3. The number of nitrogens with one attached hydrogen (secondary N) is 1. The lowest BCUT2D eigenvalue weighted by Crippen LogP contribution is -2.23. The van der Waals surface area contributed by atoms with Crippen LogP contribution in [0.25, 0.3) is 0 Å². The Morgan fingerprint density at radius 2 is 1.59 bits per heavy atom. The molecule has 0 rings (SSSR count). The highest BCUT2D eigenvalue weighted by Crippen LogP contribution is 2.35. The van der Waals surface area contributed by atoms with E-state index in [0.717, 1.165) is 44.4 Å². The van der Waals surface area contributed by atoms with Crippen LogP contribution in [0.5, 0.6) is 0 Å². The van der Waals surface area contributed by atoms with Crippen LogP contribution in [0.4, 0.5) is 0 Å². The third kappa shape index (κ3) is 16.2. The molecule has 1 amide bonds. The Morgan fingerprint density at radius 3 is 2.18 bits per heavy atom. The number of hydrogen-bond acceptors (Lipinski definition) is 4. The van der Waals surface area contributed by atoms with Crippen LogP contribution in [0, 0.1) is 0 Å². The first-order chi connectivity index (χ1) is 10.3. The van der Waals surface area contributed by atoms with Crippen LogP contribution in [0.3, 0.4) is 0 Å². The molecule has 0 aliphatic rings. The van der Waals surface area contributed by atoms with E-state index in [1.54, 1.807) is 10.8 Å². The fourth-order valence-electron chi connectivity index (χ4n) is 1.81. The van der Waals surface area contributed by atoms with Crippen molar-refractivity contribution in [2.45, 2.75) is 83.8 Å². The van der Waals surface area contributed by atoms with Crippen molar-refractivity contribution in [3.63, 3.8) is 0 Å². The summed E-state index contributed by atoms with van der Waals surface area (Å²) in [5.41, 5.74) is 0. The fourth-order valence-corrected chi connectivity index (χ4v) is 4.12. The minimum atomic E-state index is 0.159. The molecular weight excluding hydrogens is 314 g/mol. The Morgan fingerprint density at radius 1 is 0.955 bits per heavy atom. The van der Waals surface area contributed by atoms with E-state index in [0.29, 0.717) is 25.0 Å². The van der Waals surface area contributed by atoms with Gasteiger partial charge in [-0.1, -0.05) is 62.1 Å². The van der Waals surface area contributed by atoms with Gasteiger partial charge in [-0.15, -0.1) is 0 Å². The van der Waals surface area contributed by atoms with Gasteiger partial charge in [0.2, 0.25) is 5.91 Å². The fraction of sp³-hybridized carbons (Fsp3) is 0.882. The number of rotatable bonds is 13. The molecule has 0 aliphatic carbocycles. The number of hydrogen-bond donors (Lipinski definition) is 1. The molecule has 0 aromatic carbocycles. The average Bonchev–Trinajstić information content (AvgIpc) is 2.44. The van der Waals surface area contributed by atoms with Crippen molar-refractivity contribution >= 4 is 33.3 Å². The first kappa shape index (κ1) is 21.8. The third-order valence-corrected chi connectivity index (χ3v) is 6.30. The number of Topliss-reactive ketones (excluding diaryl/α,β-unsaturated/α-hetero) is 1. The first-order valence-corrected chi connectivity index (χ1v) is 10.8. The van der Waals surface area contributed by atoms with Crippen molar-refractivity contribution in [2.75, 3.05) is 12.3 Å². The van der Waals surface area contributed by atoms with E-state index in [1.807, 2.05) is 10.8 Å². The maximum atomic E-state index is 11.7. The van der Waals surface area contributed by atoms with Gasteiger partial charge >= 0.3 is 0 Å². The molecule has 0 aromatic rings. The predicted molar refractivity (Wildman–Crippen MR) is 100 cm³/mol. The minimum Gasteiger partial charge on any atom is -0.356 e. The summed E-state index contributed by atoms with van der Waals surface area (Å²) in [5, 5.41) is 2.88. The molecule has 0 bridgehead atoms. The molecule has 0 aromatic heterocycles. The maximum Gasteiger partial charge on any atom is 0.219 e. The van der Waals surface area contributed by atoms with E-state index in [9.17, 15) is 9.59 Å². The van der Waals surface area contributed by atoms with E-state index in [2.05, 4.69) is 33.0 Å². The molecule has 0 atom stereocenters. The Bertz CT molecular complexity index is 314. The second-order valence-corrected chi connectivity index (χ2v) is 9.81. The quantitative estimate of drug-likeness (QED) is 0.376. The molecule has 0 radical (unpaired) electrons. The molecule has 0 saturated carbocycles. The van der Waals surface area contributed by atoms with Gasteiger partial charge in [-0.05, 0) is 19.3 Å². The smallest absolute Gasteiger partial charge is 0.219 e. The Hall–Kier alpha value is -0.160. The lowest BCUT2D eigenvalue weighted by atomic mass is 10.1. The van der Waals surface area contributed by atoms with Gasteiger partial charge < -0.3 is 5.32 Å². The van der Waals surface area contributed by atoms with E-state index >= 15 is 0 Å². The van der Waals surface area contributed by atoms with E-state index in [1.165, 1.54) is 0 Å². The standard InChI is InChI=1S/C17H33NO2S2/c1-5-13-18-16(20)11-9-7-6-8-10-15(19)12-14-21-22-17(2,3)4/h5-14H2,1-4H3,(H,18,20). The Labute approximate surface area is 144 Å². The molecule has 22 heavy (non-hydrogen) atoms. The molecule has 0 unspecified atom stereocenters. The monoisotopic (exact) mass is 347 g/mol. The van der Waals surface area contributed by atoms with Crippen molar-refractivity contribution in [1.29, 1.82) is 0 Å². The largest absolute Gasteiger partial charge is 0.356 e. The highest BCUT2D eigenvalue weighted by molar-refractivity contribution is 8.77. The zero-order valence-corrected chi connectivity index (χ0v) is 16.3. The second-order valence-electron chi connectivity index (χ2n) is 6.57. The third-order valence-electron chi connectivity index (χ3n) is 2.95. The molecule has 0 fully saturated rings. The Kier molecular flexibility index (Phi) is 13.2. The van der Waals surface area contributed by atoms with Gasteiger partial charge in [-0.3, -0.25) is 9.59 Å². The van der Waals surface area contributed by atoms with Crippen LogP contribution in [0.15, 0.2) is 0 Å². The molecule has 1 N–H and O–H groups in total. The van der Waals surface area contributed by atoms with Gasteiger partial charge in [-0.25, -0.2) is 0 Å². The molecule has 0 saturated heterocycles. The van der Waals surface area contributed by atoms with Crippen LogP contribution in [0.2, 0.25) is 0 Å². The van der Waals surface area contributed by atoms with E-state index in [4.69, 9.17) is 0 Å². The van der Waals surface area contributed by atoms with Gasteiger partial charge in [0.25, 0.3) is 0 Å². The number of carbonyl (C=O) groups excluding carboxylic acids is 2. The maximum absolute atomic E-state index is 11.7. The summed E-state index contributed by atoms with van der Waals surface area (Å²) in [6.07, 6.45) is 6.98. The molecule has 130 valence electrons. The Balaban J connectivity index is 3.37. The number of carbonyl (C=O) groups is 2. The van der Waals surface area contributed by atoms with E-state index in [-0.39, 0.29) is 10.7 Å². The van der Waals surface area contributed by atoms with Crippen molar-refractivity contribution in [3.8, 4) is 0 Å². The van der Waals surface area contributed by atoms with Crippen LogP contribution < -0.4 is 5.32 Å². The molecule has 3 nitrogen and oxygen atoms in total. The minimum absolute atomic E-state index is 0.159. The van der Waals surface area contributed by atoms with Gasteiger partial charge in [0.05, 0.1) is 0 Å². The van der Waals surface area contributed by atoms with Gasteiger partial charge in [0.1, 0.15) is 5.78 Å². The molecule has 0 heterocycles. The topological polar surface area (TPSA) is 46.2 Å². The molecule has 0 aliphatic heterocycles. The zero-order valence-electron chi connectivity index (χ0n) is 14.7. The number of ketones is 1. The first-order valence-electron chi connectivity index (χ1n) is 8.44. The van der Waals surface area contributed by atoms with Crippen molar-refractivity contribution < 1.29 is 9.59 Å². The zero-order chi connectivity index (χ0) is 16.8. The van der Waals surface area contributed by atoms with Crippen molar-refractivity contribution in [1.82, 2.24) is 5.32 Å². The van der Waals surface area contributed by atoms with Gasteiger partial charge in [0.15, 0.2) is 0 Å². The van der Waals surface area contributed by atoms with Crippen LogP contribution in [0.1, 0.15) is 79.1 Å². The van der Waals surface area contributed by atoms with Gasteiger partial charge in [0, 0.05) is 36.3 Å². The van der Waals surface area contributed by atoms with Gasteiger partial charge in [-0.2, -0.15) is 0 Å². The van der Waals surface area contributed by atoms with Crippen molar-refractivity contribution in [2.24, 2.45) is 0 Å². The van der Waals surface area contributed by atoms with Crippen LogP contribution in [-0.4, -0.2) is 28.7 Å². The summed E-state index contributed by atoms with van der Waals surface area (Å²) in [5.74, 6) is 1.45. The summed E-state index contributed by atoms with van der Waals surface area (Å²) in [4.78, 5) is 23.1. The normalized spacial score (nSPS) is 11.5. The number of amides is 1. The average molecular weight is 348 g/mol. The lowest BCUT2D eigenvalue weighted by molar-refractivity contribution is -0.121. The summed E-state index contributed by atoms with van der Waals surface area (Å²) < 4.78 is 0.261. The summed E-state index contributed by atoms with van der Waals surface area (Å²) in [6, 6.07) is 0. The molecular formula is C17H33NO2S2. The van der Waals surface area contributed by atoms with E-state index < -0.39 is 0 Å². The SMILES string of the molecule is CCCNC(=O)CCCCCCC(=O)CCSSC(C)(C)C. The summed E-state index contributed by atoms with van der Waals surface area (Å²) in [6.45, 7) is 9.40. The number of unbranched alkanes of at least 4 members (excludes halogenated alkanes) is 3. The summed E-state index contributed by atoms with van der Waals surface area (Å²) in [7, 11) is 3.64. The lowest BCUT2D eigenvalue weighted by Gasteiger charge is -2.15. The van der Waals surface area contributed by atoms with Crippen molar-refractivity contribution in [3.05, 3.63) is 0 Å². The predicted octanol–water partition coefficient (Wildman–Crippen LogP) is 4.99. The summed E-state index contributed by atoms with van der Waals surface area (Å²) >= 11 is 0. The highest BCUT2D eigenvalue weighted by atomic mass is 33.1. The molecule has 5 heteroatoms. The van der Waals surface area contributed by atoms with Crippen LogP contribution >= 0.6 is 21.6 Å². The van der Waals surface area contributed by atoms with Crippen LogP contribution in [-0.2, 0) is 9.59 Å².